The molecule has 28 heavy (non-hydrogen) atoms. The van der Waals surface area contributed by atoms with Gasteiger partial charge in [0, 0.05) is 6.20 Å². The molecule has 138 valence electrons. The smallest absolute Gasteiger partial charge is 0.278 e. The zero-order valence-corrected chi connectivity index (χ0v) is 14.9. The molecule has 0 aliphatic rings. The van der Waals surface area contributed by atoms with Crippen LogP contribution in [0, 0.1) is 0 Å². The number of carbonyl (C=O) groups is 1. The van der Waals surface area contributed by atoms with Crippen LogP contribution in [0.4, 0.5) is 0 Å². The summed E-state index contributed by atoms with van der Waals surface area (Å²) < 4.78 is 1.07. The van der Waals surface area contributed by atoms with Crippen molar-refractivity contribution in [1.29, 1.82) is 0 Å². The zero-order chi connectivity index (χ0) is 19.3. The predicted octanol–water partition coefficient (Wildman–Crippen LogP) is 2.09. The van der Waals surface area contributed by atoms with Crippen LogP contribution in [0.3, 0.4) is 0 Å². The average molecular weight is 371 g/mol. The van der Waals surface area contributed by atoms with E-state index in [1.807, 2.05) is 48.5 Å². The summed E-state index contributed by atoms with van der Waals surface area (Å²) in [5, 5.41) is 11.3. The van der Waals surface area contributed by atoms with E-state index >= 15 is 0 Å². The van der Waals surface area contributed by atoms with E-state index in [-0.39, 0.29) is 18.0 Å². The van der Waals surface area contributed by atoms with Crippen molar-refractivity contribution in [2.45, 2.75) is 12.6 Å². The van der Waals surface area contributed by atoms with Crippen molar-refractivity contribution in [3.05, 3.63) is 101 Å². The third-order valence-electron chi connectivity index (χ3n) is 4.34. The lowest BCUT2D eigenvalue weighted by atomic mass is 10.0. The van der Waals surface area contributed by atoms with E-state index in [4.69, 9.17) is 0 Å². The first-order valence-electron chi connectivity index (χ1n) is 8.80. The Labute approximate surface area is 160 Å². The average Bonchev–Trinajstić information content (AvgIpc) is 2.75. The predicted molar refractivity (Wildman–Crippen MR) is 104 cm³/mol. The van der Waals surface area contributed by atoms with Crippen molar-refractivity contribution in [2.24, 2.45) is 0 Å². The van der Waals surface area contributed by atoms with Crippen molar-refractivity contribution in [3.63, 3.8) is 0 Å². The number of pyridine rings is 1. The molecule has 0 fully saturated rings. The number of rotatable bonds is 5. The fraction of sp³-hybridized carbons (Fsp3) is 0.0952. The summed E-state index contributed by atoms with van der Waals surface area (Å²) in [7, 11) is 0. The molecule has 0 spiro atoms. The molecule has 4 aromatic rings. The Morgan fingerprint density at radius 2 is 1.71 bits per heavy atom. The fourth-order valence-electron chi connectivity index (χ4n) is 2.99. The number of aromatic nitrogens is 4. The van der Waals surface area contributed by atoms with Gasteiger partial charge in [0.2, 0.25) is 5.91 Å². The molecule has 2 heterocycles. The molecule has 1 N–H and O–H groups in total. The minimum atomic E-state index is -0.431. The molecule has 7 heteroatoms. The monoisotopic (exact) mass is 371 g/mol. The highest BCUT2D eigenvalue weighted by molar-refractivity contribution is 5.78. The third-order valence-corrected chi connectivity index (χ3v) is 4.34. The summed E-state index contributed by atoms with van der Waals surface area (Å²) in [6, 6.07) is 21.6. The Bertz CT molecular complexity index is 1120. The van der Waals surface area contributed by atoms with Crippen molar-refractivity contribution in [3.8, 4) is 0 Å². The summed E-state index contributed by atoms with van der Waals surface area (Å²) in [5.41, 5.74) is 1.75. The summed E-state index contributed by atoms with van der Waals surface area (Å²) in [6.07, 6.45) is 1.68. The van der Waals surface area contributed by atoms with Crippen LogP contribution in [0.15, 0.2) is 83.8 Å². The van der Waals surface area contributed by atoms with Crippen molar-refractivity contribution < 1.29 is 4.79 Å². The second-order valence-corrected chi connectivity index (χ2v) is 6.24. The molecule has 4 rings (SSSR count). The largest absolute Gasteiger partial charge is 0.342 e. The summed E-state index contributed by atoms with van der Waals surface area (Å²) >= 11 is 0. The van der Waals surface area contributed by atoms with Gasteiger partial charge in [0.1, 0.15) is 12.1 Å². The summed E-state index contributed by atoms with van der Waals surface area (Å²) in [6.45, 7) is -0.229. The molecule has 1 unspecified atom stereocenters. The Kier molecular flexibility index (Phi) is 4.88. The van der Waals surface area contributed by atoms with Gasteiger partial charge in [0.05, 0.1) is 17.1 Å². The zero-order valence-electron chi connectivity index (χ0n) is 14.9. The van der Waals surface area contributed by atoms with E-state index in [0.717, 1.165) is 10.2 Å². The number of nitrogens with one attached hydrogen (secondary N) is 1. The first-order chi connectivity index (χ1) is 13.7. The number of benzene rings is 2. The number of carbonyl (C=O) groups excluding carboxylic acids is 1. The topological polar surface area (TPSA) is 89.8 Å². The van der Waals surface area contributed by atoms with Crippen molar-refractivity contribution in [2.75, 3.05) is 0 Å². The molecule has 0 aliphatic carbocycles. The van der Waals surface area contributed by atoms with Crippen LogP contribution in [0.5, 0.6) is 0 Å². The van der Waals surface area contributed by atoms with Crippen molar-refractivity contribution in [1.82, 2.24) is 25.3 Å². The van der Waals surface area contributed by atoms with Crippen LogP contribution >= 0.6 is 0 Å². The van der Waals surface area contributed by atoms with Gasteiger partial charge in [0.25, 0.3) is 5.56 Å². The Hall–Kier alpha value is -3.87. The molecule has 1 amide bonds. The van der Waals surface area contributed by atoms with E-state index < -0.39 is 6.04 Å². The van der Waals surface area contributed by atoms with E-state index in [1.54, 1.807) is 30.5 Å². The van der Waals surface area contributed by atoms with Crippen molar-refractivity contribution >= 4 is 16.8 Å². The van der Waals surface area contributed by atoms with Gasteiger partial charge in [-0.1, -0.05) is 53.7 Å². The van der Waals surface area contributed by atoms with Gasteiger partial charge >= 0.3 is 0 Å². The molecule has 1 atom stereocenters. The number of fused-ring (bicyclic) bond motifs is 1. The SMILES string of the molecule is O=C(Cn1nnc2ccccc2c1=O)NC(c1ccccc1)c1ccccn1. The Balaban J connectivity index is 1.60. The molecule has 2 aromatic carbocycles. The standard InChI is InChI=1S/C21H17N5O2/c27-19(14-26-21(28)16-10-4-5-11-17(16)24-25-26)23-20(15-8-2-1-3-9-15)18-12-6-7-13-22-18/h1-13,20H,14H2,(H,23,27). The molecule has 0 radical (unpaired) electrons. The maximum absolute atomic E-state index is 12.7. The summed E-state index contributed by atoms with van der Waals surface area (Å²) in [4.78, 5) is 29.6. The van der Waals surface area contributed by atoms with Crippen LogP contribution in [0.2, 0.25) is 0 Å². The minimum absolute atomic E-state index is 0.229. The molecular weight excluding hydrogens is 354 g/mol. The van der Waals surface area contributed by atoms with Crippen LogP contribution in [-0.4, -0.2) is 25.9 Å². The van der Waals surface area contributed by atoms with Crippen LogP contribution in [0.25, 0.3) is 10.9 Å². The molecule has 0 saturated carbocycles. The molecular formula is C21H17N5O2. The van der Waals surface area contributed by atoms with Gasteiger partial charge in [0.15, 0.2) is 0 Å². The van der Waals surface area contributed by atoms with Gasteiger partial charge < -0.3 is 5.32 Å². The highest BCUT2D eigenvalue weighted by atomic mass is 16.2. The highest BCUT2D eigenvalue weighted by Crippen LogP contribution is 2.19. The maximum Gasteiger partial charge on any atom is 0.278 e. The van der Waals surface area contributed by atoms with E-state index in [1.165, 1.54) is 0 Å². The van der Waals surface area contributed by atoms with Gasteiger partial charge in [-0.2, -0.15) is 0 Å². The normalized spacial score (nSPS) is 11.9. The van der Waals surface area contributed by atoms with Crippen LogP contribution < -0.4 is 10.9 Å². The molecule has 0 aliphatic heterocycles. The number of amides is 1. The first-order valence-corrected chi connectivity index (χ1v) is 8.80. The minimum Gasteiger partial charge on any atom is -0.342 e. The van der Waals surface area contributed by atoms with E-state index in [2.05, 4.69) is 20.6 Å². The highest BCUT2D eigenvalue weighted by Gasteiger charge is 2.19. The van der Waals surface area contributed by atoms with Gasteiger partial charge in [-0.25, -0.2) is 4.68 Å². The number of hydrogen-bond acceptors (Lipinski definition) is 5. The molecule has 2 aromatic heterocycles. The molecule has 7 nitrogen and oxygen atoms in total. The van der Waals surface area contributed by atoms with Gasteiger partial charge in [-0.15, -0.1) is 5.10 Å². The lowest BCUT2D eigenvalue weighted by molar-refractivity contribution is -0.122. The lowest BCUT2D eigenvalue weighted by Crippen LogP contribution is -2.36. The maximum atomic E-state index is 12.7. The molecule has 0 saturated heterocycles. The summed E-state index contributed by atoms with van der Waals surface area (Å²) in [5.74, 6) is -0.355. The first kappa shape index (κ1) is 17.5. The van der Waals surface area contributed by atoms with Crippen LogP contribution in [0.1, 0.15) is 17.3 Å². The quantitative estimate of drug-likeness (QED) is 0.580. The Morgan fingerprint density at radius 1 is 0.964 bits per heavy atom. The van der Waals surface area contributed by atoms with Crippen LogP contribution in [-0.2, 0) is 11.3 Å². The second kappa shape index (κ2) is 7.79. The Morgan fingerprint density at radius 3 is 2.50 bits per heavy atom. The van der Waals surface area contributed by atoms with Gasteiger partial charge in [-0.05, 0) is 29.8 Å². The third kappa shape index (κ3) is 3.64. The van der Waals surface area contributed by atoms with E-state index in [0.29, 0.717) is 16.6 Å². The molecule has 0 bridgehead atoms. The fourth-order valence-corrected chi connectivity index (χ4v) is 2.99. The second-order valence-electron chi connectivity index (χ2n) is 6.24. The number of hydrogen-bond donors (Lipinski definition) is 1. The number of nitrogens with zero attached hydrogens (tertiary/aromatic N) is 4. The van der Waals surface area contributed by atoms with E-state index in [9.17, 15) is 9.59 Å². The lowest BCUT2D eigenvalue weighted by Gasteiger charge is -2.19. The van der Waals surface area contributed by atoms with Gasteiger partial charge in [-0.3, -0.25) is 14.6 Å².